The number of hydrogen-bond acceptors (Lipinski definition) is 4. The lowest BCUT2D eigenvalue weighted by Crippen LogP contribution is -2.48. The largest absolute Gasteiger partial charge is 0.360 e. The van der Waals surface area contributed by atoms with Gasteiger partial charge in [0, 0.05) is 24.6 Å². The van der Waals surface area contributed by atoms with Gasteiger partial charge in [-0.05, 0) is 39.3 Å². The Labute approximate surface area is 134 Å². The predicted molar refractivity (Wildman–Crippen MR) is 89.1 cm³/mol. The Morgan fingerprint density at radius 1 is 1.41 bits per heavy atom. The number of hydrogen-bond donors (Lipinski definition) is 1. The maximum atomic E-state index is 12.4. The lowest BCUT2D eigenvalue weighted by molar-refractivity contribution is 0.0868. The van der Waals surface area contributed by atoms with E-state index in [1.165, 1.54) is 0 Å². The molecule has 0 saturated carbocycles. The van der Waals surface area contributed by atoms with Crippen LogP contribution in [0.4, 0.5) is 0 Å². The number of aromatic nitrogens is 1. The number of nitrogens with zero attached hydrogens (tertiary/aromatic N) is 2. The molecule has 1 unspecified atom stereocenters. The number of rotatable bonds is 8. The summed E-state index contributed by atoms with van der Waals surface area (Å²) in [5.41, 5.74) is 1.22. The zero-order valence-electron chi connectivity index (χ0n) is 15.1. The van der Waals surface area contributed by atoms with E-state index in [1.54, 1.807) is 0 Å². The minimum absolute atomic E-state index is 0.0230. The van der Waals surface area contributed by atoms with Crippen molar-refractivity contribution < 1.29 is 9.32 Å². The maximum absolute atomic E-state index is 12.4. The van der Waals surface area contributed by atoms with E-state index in [0.29, 0.717) is 5.69 Å². The highest BCUT2D eigenvalue weighted by molar-refractivity contribution is 5.93. The Bertz CT molecular complexity index is 494. The molecule has 0 radical (unpaired) electrons. The first-order valence-electron chi connectivity index (χ1n) is 8.17. The molecule has 1 atom stereocenters. The molecule has 0 aliphatic heterocycles. The molecule has 5 heteroatoms. The Kier molecular flexibility index (Phi) is 6.60. The molecule has 0 aromatic carbocycles. The summed E-state index contributed by atoms with van der Waals surface area (Å²) in [6.45, 7) is 14.4. The Morgan fingerprint density at radius 3 is 2.55 bits per heavy atom. The monoisotopic (exact) mass is 309 g/mol. The molecular formula is C17H31N3O2. The summed E-state index contributed by atoms with van der Waals surface area (Å²) < 4.78 is 5.21. The fourth-order valence-electron chi connectivity index (χ4n) is 2.66. The van der Waals surface area contributed by atoms with Gasteiger partial charge in [0.1, 0.15) is 5.76 Å². The lowest BCUT2D eigenvalue weighted by atomic mass is 9.84. The van der Waals surface area contributed by atoms with Crippen LogP contribution in [0.2, 0.25) is 0 Å². The first-order chi connectivity index (χ1) is 10.2. The van der Waals surface area contributed by atoms with Gasteiger partial charge in [0.25, 0.3) is 5.91 Å². The van der Waals surface area contributed by atoms with Gasteiger partial charge in [-0.2, -0.15) is 0 Å². The first-order valence-corrected chi connectivity index (χ1v) is 8.17. The van der Waals surface area contributed by atoms with Gasteiger partial charge in [-0.15, -0.1) is 0 Å². The molecule has 22 heavy (non-hydrogen) atoms. The average molecular weight is 309 g/mol. The molecule has 5 nitrogen and oxygen atoms in total. The third kappa shape index (κ3) is 4.57. The van der Waals surface area contributed by atoms with Crippen molar-refractivity contribution in [3.8, 4) is 0 Å². The minimum Gasteiger partial charge on any atom is -0.360 e. The van der Waals surface area contributed by atoms with Crippen molar-refractivity contribution in [3.63, 3.8) is 0 Å². The molecule has 1 amide bonds. The Hall–Kier alpha value is -1.36. The van der Waals surface area contributed by atoms with Crippen LogP contribution in [0.5, 0.6) is 0 Å². The van der Waals surface area contributed by atoms with Crippen LogP contribution in [0.3, 0.4) is 0 Å². The van der Waals surface area contributed by atoms with Crippen LogP contribution in [0.1, 0.15) is 62.9 Å². The fraction of sp³-hybridized carbons (Fsp3) is 0.765. The molecule has 1 aromatic heterocycles. The number of aryl methyl sites for hydroxylation is 1. The van der Waals surface area contributed by atoms with Crippen molar-refractivity contribution in [2.45, 2.75) is 60.4 Å². The third-order valence-corrected chi connectivity index (χ3v) is 4.36. The number of nitrogens with one attached hydrogen (secondary N) is 1. The molecule has 0 aliphatic carbocycles. The molecular weight excluding hydrogens is 278 g/mol. The van der Waals surface area contributed by atoms with E-state index in [0.717, 1.165) is 37.3 Å². The quantitative estimate of drug-likeness (QED) is 0.802. The lowest BCUT2D eigenvalue weighted by Gasteiger charge is -2.35. The molecule has 0 spiro atoms. The van der Waals surface area contributed by atoms with E-state index in [1.807, 2.05) is 20.8 Å². The van der Waals surface area contributed by atoms with Crippen LogP contribution in [-0.2, 0) is 6.42 Å². The maximum Gasteiger partial charge on any atom is 0.273 e. The van der Waals surface area contributed by atoms with E-state index >= 15 is 0 Å². The second-order valence-electron chi connectivity index (χ2n) is 6.85. The standard InChI is InChI=1S/C17H31N3O2/c1-8-10-20(7)11-17(5,6)13(4)18-16(21)15-12(3)14(9-2)22-19-15/h13H,8-11H2,1-7H3,(H,18,21). The highest BCUT2D eigenvalue weighted by atomic mass is 16.5. The second kappa shape index (κ2) is 7.77. The van der Waals surface area contributed by atoms with Crippen molar-refractivity contribution in [2.24, 2.45) is 5.41 Å². The van der Waals surface area contributed by atoms with Crippen molar-refractivity contribution in [1.29, 1.82) is 0 Å². The van der Waals surface area contributed by atoms with Crippen molar-refractivity contribution >= 4 is 5.91 Å². The highest BCUT2D eigenvalue weighted by Gasteiger charge is 2.30. The topological polar surface area (TPSA) is 58.4 Å². The van der Waals surface area contributed by atoms with E-state index in [2.05, 4.69) is 43.2 Å². The average Bonchev–Trinajstić information content (AvgIpc) is 2.79. The molecule has 0 bridgehead atoms. The number of carbonyl (C=O) groups excluding carboxylic acids is 1. The zero-order chi connectivity index (χ0) is 16.9. The van der Waals surface area contributed by atoms with E-state index in [4.69, 9.17) is 4.52 Å². The first kappa shape index (κ1) is 18.7. The van der Waals surface area contributed by atoms with Crippen LogP contribution < -0.4 is 5.32 Å². The van der Waals surface area contributed by atoms with Crippen LogP contribution in [0.15, 0.2) is 4.52 Å². The Balaban J connectivity index is 2.71. The van der Waals surface area contributed by atoms with Crippen LogP contribution in [0, 0.1) is 12.3 Å². The van der Waals surface area contributed by atoms with Crippen LogP contribution >= 0.6 is 0 Å². The van der Waals surface area contributed by atoms with Gasteiger partial charge in [-0.1, -0.05) is 32.9 Å². The third-order valence-electron chi connectivity index (χ3n) is 4.36. The van der Waals surface area contributed by atoms with Gasteiger partial charge in [0.05, 0.1) is 0 Å². The summed E-state index contributed by atoms with van der Waals surface area (Å²) >= 11 is 0. The zero-order valence-corrected chi connectivity index (χ0v) is 15.1. The van der Waals surface area contributed by atoms with Gasteiger partial charge < -0.3 is 14.7 Å². The highest BCUT2D eigenvalue weighted by Crippen LogP contribution is 2.22. The predicted octanol–water partition coefficient (Wildman–Crippen LogP) is 3.03. The van der Waals surface area contributed by atoms with Crippen LogP contribution in [0.25, 0.3) is 0 Å². The number of amides is 1. The molecule has 1 N–H and O–H groups in total. The Morgan fingerprint density at radius 2 is 2.05 bits per heavy atom. The summed E-state index contributed by atoms with van der Waals surface area (Å²) in [4.78, 5) is 14.7. The van der Waals surface area contributed by atoms with E-state index < -0.39 is 0 Å². The van der Waals surface area contributed by atoms with E-state index in [-0.39, 0.29) is 17.4 Å². The molecule has 0 fully saturated rings. The van der Waals surface area contributed by atoms with E-state index in [9.17, 15) is 4.79 Å². The van der Waals surface area contributed by atoms with Crippen molar-refractivity contribution in [2.75, 3.05) is 20.1 Å². The number of carbonyl (C=O) groups is 1. The normalized spacial score (nSPS) is 13.5. The molecule has 0 saturated heterocycles. The minimum atomic E-state index is -0.153. The fourth-order valence-corrected chi connectivity index (χ4v) is 2.66. The summed E-state index contributed by atoms with van der Waals surface area (Å²) in [6, 6.07) is 0.0421. The summed E-state index contributed by atoms with van der Waals surface area (Å²) in [7, 11) is 2.12. The summed E-state index contributed by atoms with van der Waals surface area (Å²) in [5, 5.41) is 6.99. The van der Waals surface area contributed by atoms with Gasteiger partial charge in [-0.25, -0.2) is 0 Å². The van der Waals surface area contributed by atoms with Crippen LogP contribution in [-0.4, -0.2) is 42.1 Å². The molecule has 1 rings (SSSR count). The second-order valence-corrected chi connectivity index (χ2v) is 6.85. The molecule has 1 aromatic rings. The summed E-state index contributed by atoms with van der Waals surface area (Å²) in [6.07, 6.45) is 1.88. The smallest absolute Gasteiger partial charge is 0.273 e. The molecule has 126 valence electrons. The molecule has 1 heterocycles. The van der Waals surface area contributed by atoms with Gasteiger partial charge in [-0.3, -0.25) is 4.79 Å². The molecule has 0 aliphatic rings. The van der Waals surface area contributed by atoms with Crippen molar-refractivity contribution in [3.05, 3.63) is 17.0 Å². The van der Waals surface area contributed by atoms with Gasteiger partial charge in [0.15, 0.2) is 5.69 Å². The summed E-state index contributed by atoms with van der Waals surface area (Å²) in [5.74, 6) is 0.624. The SMILES string of the molecule is CCCN(C)CC(C)(C)C(C)NC(=O)c1noc(CC)c1C. The van der Waals surface area contributed by atoms with Gasteiger partial charge in [0.2, 0.25) is 0 Å². The van der Waals surface area contributed by atoms with Crippen molar-refractivity contribution in [1.82, 2.24) is 15.4 Å². The van der Waals surface area contributed by atoms with Gasteiger partial charge >= 0.3 is 0 Å².